The highest BCUT2D eigenvalue weighted by atomic mass is 32.2. The second-order valence-electron chi connectivity index (χ2n) is 3.73. The van der Waals surface area contributed by atoms with Crippen LogP contribution in [0.5, 0.6) is 0 Å². The summed E-state index contributed by atoms with van der Waals surface area (Å²) in [7, 11) is 0. The van der Waals surface area contributed by atoms with Crippen molar-refractivity contribution < 1.29 is 9.90 Å². The van der Waals surface area contributed by atoms with Crippen LogP contribution in [-0.4, -0.2) is 16.3 Å². The second-order valence-corrected chi connectivity index (χ2v) is 5.11. The Balaban J connectivity index is 2.97. The minimum atomic E-state index is -0.766. The predicted octanol–water partition coefficient (Wildman–Crippen LogP) is 3.18. The Kier molecular flexibility index (Phi) is 3.80. The first kappa shape index (κ1) is 12.1. The molecule has 1 unspecified atom stereocenters. The Morgan fingerprint density at radius 3 is 2.40 bits per heavy atom. The molecule has 0 heterocycles. The van der Waals surface area contributed by atoms with Gasteiger partial charge in [0, 0.05) is 4.90 Å². The van der Waals surface area contributed by atoms with E-state index in [0.29, 0.717) is 0 Å². The zero-order valence-electron chi connectivity index (χ0n) is 9.50. The molecule has 0 bridgehead atoms. The molecule has 1 N–H and O–H groups in total. The minimum absolute atomic E-state index is 0.397. The number of carbonyl (C=O) groups is 1. The van der Waals surface area contributed by atoms with Crippen molar-refractivity contribution in [1.29, 1.82) is 0 Å². The molecule has 0 radical (unpaired) electrons. The number of aryl methyl sites for hydroxylation is 1. The van der Waals surface area contributed by atoms with Gasteiger partial charge >= 0.3 is 5.97 Å². The summed E-state index contributed by atoms with van der Waals surface area (Å²) >= 11 is 1.40. The maximum atomic E-state index is 10.7. The zero-order chi connectivity index (χ0) is 11.6. The van der Waals surface area contributed by atoms with E-state index in [1.807, 2.05) is 19.1 Å². The number of rotatable bonds is 3. The largest absolute Gasteiger partial charge is 0.480 e. The normalized spacial score (nSPS) is 12.5. The lowest BCUT2D eigenvalue weighted by Gasteiger charge is -2.12. The summed E-state index contributed by atoms with van der Waals surface area (Å²) in [6, 6.07) is 4.04. The molecule has 0 aliphatic rings. The smallest absolute Gasteiger partial charge is 0.316 e. The van der Waals surface area contributed by atoms with Gasteiger partial charge in [-0.05, 0) is 50.5 Å². The lowest BCUT2D eigenvalue weighted by molar-refractivity contribution is -0.136. The summed E-state index contributed by atoms with van der Waals surface area (Å²) in [4.78, 5) is 11.8. The average Bonchev–Trinajstić information content (AvgIpc) is 2.18. The molecule has 82 valence electrons. The second kappa shape index (κ2) is 4.71. The molecule has 0 aliphatic carbocycles. The number of thioether (sulfide) groups is 1. The Morgan fingerprint density at radius 1 is 1.27 bits per heavy atom. The first-order valence-corrected chi connectivity index (χ1v) is 5.77. The van der Waals surface area contributed by atoms with Crippen LogP contribution < -0.4 is 0 Å². The number of benzene rings is 1. The van der Waals surface area contributed by atoms with Gasteiger partial charge in [0.2, 0.25) is 0 Å². The lowest BCUT2D eigenvalue weighted by Crippen LogP contribution is -2.11. The predicted molar refractivity (Wildman–Crippen MR) is 63.6 cm³/mol. The first-order valence-electron chi connectivity index (χ1n) is 4.89. The van der Waals surface area contributed by atoms with Gasteiger partial charge in [0.1, 0.15) is 5.25 Å². The maximum Gasteiger partial charge on any atom is 0.316 e. The fourth-order valence-corrected chi connectivity index (χ4v) is 2.26. The van der Waals surface area contributed by atoms with Gasteiger partial charge in [0.15, 0.2) is 0 Å². The van der Waals surface area contributed by atoms with Crippen molar-refractivity contribution in [2.75, 3.05) is 0 Å². The summed E-state index contributed by atoms with van der Waals surface area (Å²) < 4.78 is 0. The van der Waals surface area contributed by atoms with Crippen molar-refractivity contribution in [2.24, 2.45) is 0 Å². The van der Waals surface area contributed by atoms with E-state index in [4.69, 9.17) is 5.11 Å². The van der Waals surface area contributed by atoms with Crippen LogP contribution in [0.4, 0.5) is 0 Å². The average molecular weight is 224 g/mol. The highest BCUT2D eigenvalue weighted by Gasteiger charge is 2.14. The molecule has 0 saturated heterocycles. The van der Waals surface area contributed by atoms with E-state index >= 15 is 0 Å². The summed E-state index contributed by atoms with van der Waals surface area (Å²) in [5.74, 6) is -0.766. The molecule has 0 amide bonds. The molecule has 1 aromatic carbocycles. The van der Waals surface area contributed by atoms with E-state index in [0.717, 1.165) is 4.90 Å². The Morgan fingerprint density at radius 2 is 1.87 bits per heavy atom. The number of aliphatic carboxylic acids is 1. The molecule has 0 aliphatic heterocycles. The van der Waals surface area contributed by atoms with Gasteiger partial charge in [-0.2, -0.15) is 0 Å². The fourth-order valence-electron chi connectivity index (χ4n) is 1.30. The molecule has 1 atom stereocenters. The third-order valence-corrected chi connectivity index (χ3v) is 3.91. The van der Waals surface area contributed by atoms with Gasteiger partial charge in [0.25, 0.3) is 0 Å². The van der Waals surface area contributed by atoms with E-state index in [1.54, 1.807) is 6.92 Å². The van der Waals surface area contributed by atoms with Crippen molar-refractivity contribution >= 4 is 17.7 Å². The van der Waals surface area contributed by atoms with Gasteiger partial charge in [-0.3, -0.25) is 4.79 Å². The molecule has 15 heavy (non-hydrogen) atoms. The summed E-state index contributed by atoms with van der Waals surface area (Å²) in [6.07, 6.45) is 0. The number of carboxylic acids is 1. The van der Waals surface area contributed by atoms with Crippen LogP contribution in [0.25, 0.3) is 0 Å². The van der Waals surface area contributed by atoms with Crippen molar-refractivity contribution in [3.05, 3.63) is 28.8 Å². The fraction of sp³-hybridized carbons (Fsp3) is 0.417. The lowest BCUT2D eigenvalue weighted by atomic mass is 10.1. The molecule has 3 heteroatoms. The highest BCUT2D eigenvalue weighted by molar-refractivity contribution is 8.00. The number of carboxylic acid groups (broad SMARTS) is 1. The first-order chi connectivity index (χ1) is 6.93. The third-order valence-electron chi connectivity index (χ3n) is 2.66. The van der Waals surface area contributed by atoms with Crippen LogP contribution in [0, 0.1) is 20.8 Å². The van der Waals surface area contributed by atoms with E-state index in [2.05, 4.69) is 13.8 Å². The SMILES string of the molecule is Cc1ccc(SC(C)C(=O)O)c(C)c1C. The maximum absolute atomic E-state index is 10.7. The molecule has 0 aromatic heterocycles. The van der Waals surface area contributed by atoms with Gasteiger partial charge in [-0.1, -0.05) is 6.07 Å². The summed E-state index contributed by atoms with van der Waals surface area (Å²) in [5, 5.41) is 8.44. The summed E-state index contributed by atoms with van der Waals surface area (Å²) in [5.41, 5.74) is 3.69. The molecule has 2 nitrogen and oxygen atoms in total. The van der Waals surface area contributed by atoms with E-state index in [1.165, 1.54) is 28.5 Å². The Bertz CT molecular complexity index is 385. The van der Waals surface area contributed by atoms with Gasteiger partial charge < -0.3 is 5.11 Å². The van der Waals surface area contributed by atoms with Crippen LogP contribution in [-0.2, 0) is 4.79 Å². The van der Waals surface area contributed by atoms with Crippen molar-refractivity contribution in [3.63, 3.8) is 0 Å². The van der Waals surface area contributed by atoms with Crippen molar-refractivity contribution in [1.82, 2.24) is 0 Å². The topological polar surface area (TPSA) is 37.3 Å². The van der Waals surface area contributed by atoms with Gasteiger partial charge in [0.05, 0.1) is 0 Å². The molecule has 1 rings (SSSR count). The molecule has 0 spiro atoms. The van der Waals surface area contributed by atoms with Crippen LogP contribution in [0.15, 0.2) is 17.0 Å². The molecule has 0 fully saturated rings. The summed E-state index contributed by atoms with van der Waals surface area (Å²) in [6.45, 7) is 7.89. The standard InChI is InChI=1S/C12H16O2S/c1-7-5-6-11(9(3)8(7)2)15-10(4)12(13)14/h5-6,10H,1-4H3,(H,13,14). The monoisotopic (exact) mass is 224 g/mol. The van der Waals surface area contributed by atoms with E-state index < -0.39 is 11.2 Å². The highest BCUT2D eigenvalue weighted by Crippen LogP contribution is 2.29. The minimum Gasteiger partial charge on any atom is -0.480 e. The Labute approximate surface area is 94.7 Å². The van der Waals surface area contributed by atoms with E-state index in [9.17, 15) is 4.79 Å². The van der Waals surface area contributed by atoms with E-state index in [-0.39, 0.29) is 0 Å². The Hall–Kier alpha value is -0.960. The van der Waals surface area contributed by atoms with Crippen LogP contribution >= 0.6 is 11.8 Å². The zero-order valence-corrected chi connectivity index (χ0v) is 10.3. The van der Waals surface area contributed by atoms with Crippen molar-refractivity contribution in [3.8, 4) is 0 Å². The molecule has 1 aromatic rings. The number of hydrogen-bond donors (Lipinski definition) is 1. The van der Waals surface area contributed by atoms with Gasteiger partial charge in [-0.15, -0.1) is 11.8 Å². The van der Waals surface area contributed by atoms with Crippen molar-refractivity contribution in [2.45, 2.75) is 37.8 Å². The van der Waals surface area contributed by atoms with Crippen LogP contribution in [0.1, 0.15) is 23.6 Å². The van der Waals surface area contributed by atoms with Crippen LogP contribution in [0.2, 0.25) is 0 Å². The number of hydrogen-bond acceptors (Lipinski definition) is 2. The third kappa shape index (κ3) is 2.75. The van der Waals surface area contributed by atoms with Gasteiger partial charge in [-0.25, -0.2) is 0 Å². The quantitative estimate of drug-likeness (QED) is 0.801. The molecular weight excluding hydrogens is 208 g/mol. The molecule has 0 saturated carbocycles. The molecular formula is C12H16O2S. The van der Waals surface area contributed by atoms with Crippen LogP contribution in [0.3, 0.4) is 0 Å².